The fourth-order valence-corrected chi connectivity index (χ4v) is 4.98. The van der Waals surface area contributed by atoms with Crippen LogP contribution in [0.15, 0.2) is 24.3 Å². The van der Waals surface area contributed by atoms with Gasteiger partial charge in [0.15, 0.2) is 5.13 Å². The zero-order valence-corrected chi connectivity index (χ0v) is 16.3. The number of piperidine rings is 1. The maximum Gasteiger partial charge on any atom is 0.309 e. The number of para-hydroxylation sites is 1. The van der Waals surface area contributed by atoms with Crippen molar-refractivity contribution in [1.29, 1.82) is 0 Å². The van der Waals surface area contributed by atoms with Crippen molar-refractivity contribution in [3.8, 4) is 0 Å². The van der Waals surface area contributed by atoms with E-state index in [1.54, 1.807) is 11.3 Å². The number of rotatable bonds is 4. The zero-order valence-electron chi connectivity index (χ0n) is 15.4. The molecule has 144 valence electrons. The first-order valence-electron chi connectivity index (χ1n) is 9.88. The summed E-state index contributed by atoms with van der Waals surface area (Å²) < 4.78 is 1.22. The van der Waals surface area contributed by atoms with Gasteiger partial charge in [0, 0.05) is 25.7 Å². The van der Waals surface area contributed by atoms with Gasteiger partial charge in [-0.2, -0.15) is 0 Å². The fraction of sp³-hybridized carbons (Fsp3) is 0.550. The molecule has 1 saturated carbocycles. The van der Waals surface area contributed by atoms with E-state index in [2.05, 4.69) is 21.6 Å². The second-order valence-corrected chi connectivity index (χ2v) is 8.57. The molecule has 2 aliphatic rings. The monoisotopic (exact) mass is 386 g/mol. The highest BCUT2D eigenvalue weighted by Gasteiger charge is 2.24. The van der Waals surface area contributed by atoms with E-state index in [0.29, 0.717) is 12.5 Å². The van der Waals surface area contributed by atoms with Crippen LogP contribution in [-0.4, -0.2) is 42.5 Å². The number of carbonyl (C=O) groups is 2. The lowest BCUT2D eigenvalue weighted by molar-refractivity contribution is -0.139. The van der Waals surface area contributed by atoms with Crippen LogP contribution >= 0.6 is 11.3 Å². The molecule has 1 aromatic carbocycles. The van der Waals surface area contributed by atoms with Gasteiger partial charge in [0.25, 0.3) is 0 Å². The standard InChI is InChI=1S/C20H26N4O2S/c25-18(19(26)22-15-5-1-2-6-15)21-13-14-9-11-24(12-10-14)20-23-16-7-3-4-8-17(16)27-20/h3-4,7-8,14-15H,1-2,5-6,9-13H2,(H,21,25)(H,22,26). The summed E-state index contributed by atoms with van der Waals surface area (Å²) in [6.45, 7) is 2.45. The van der Waals surface area contributed by atoms with Crippen molar-refractivity contribution in [2.75, 3.05) is 24.5 Å². The van der Waals surface area contributed by atoms with Gasteiger partial charge in [-0.05, 0) is 43.7 Å². The largest absolute Gasteiger partial charge is 0.348 e. The molecule has 1 aliphatic heterocycles. The first kappa shape index (κ1) is 18.2. The molecule has 1 aromatic heterocycles. The number of nitrogens with one attached hydrogen (secondary N) is 2. The molecule has 0 unspecified atom stereocenters. The lowest BCUT2D eigenvalue weighted by Gasteiger charge is -2.31. The van der Waals surface area contributed by atoms with E-state index in [0.717, 1.165) is 62.3 Å². The Balaban J connectivity index is 1.22. The minimum absolute atomic E-state index is 0.181. The summed E-state index contributed by atoms with van der Waals surface area (Å²) >= 11 is 1.73. The second-order valence-electron chi connectivity index (χ2n) is 7.56. The van der Waals surface area contributed by atoms with Crippen LogP contribution in [0.1, 0.15) is 38.5 Å². The molecule has 2 aromatic rings. The van der Waals surface area contributed by atoms with E-state index < -0.39 is 11.8 Å². The van der Waals surface area contributed by atoms with Crippen molar-refractivity contribution in [3.63, 3.8) is 0 Å². The Morgan fingerprint density at radius 2 is 1.81 bits per heavy atom. The number of benzene rings is 1. The Bertz CT molecular complexity index is 774. The van der Waals surface area contributed by atoms with Gasteiger partial charge < -0.3 is 15.5 Å². The Labute approximate surface area is 163 Å². The third-order valence-electron chi connectivity index (χ3n) is 5.62. The van der Waals surface area contributed by atoms with Crippen molar-refractivity contribution < 1.29 is 9.59 Å². The number of carbonyl (C=O) groups excluding carboxylic acids is 2. The highest BCUT2D eigenvalue weighted by Crippen LogP contribution is 2.31. The molecule has 1 aliphatic carbocycles. The summed E-state index contributed by atoms with van der Waals surface area (Å²) in [5.74, 6) is -0.553. The Kier molecular flexibility index (Phi) is 5.57. The van der Waals surface area contributed by atoms with Gasteiger partial charge >= 0.3 is 11.8 Å². The normalized spacial score (nSPS) is 18.7. The minimum atomic E-state index is -0.490. The molecular weight excluding hydrogens is 360 g/mol. The summed E-state index contributed by atoms with van der Waals surface area (Å²) in [5.41, 5.74) is 1.06. The lowest BCUT2D eigenvalue weighted by atomic mass is 9.97. The average molecular weight is 387 g/mol. The number of hydrogen-bond donors (Lipinski definition) is 2. The summed E-state index contributed by atoms with van der Waals surface area (Å²) in [5, 5.41) is 6.74. The maximum absolute atomic E-state index is 12.0. The van der Waals surface area contributed by atoms with Crippen molar-refractivity contribution in [1.82, 2.24) is 15.6 Å². The van der Waals surface area contributed by atoms with Crippen molar-refractivity contribution >= 4 is 38.5 Å². The average Bonchev–Trinajstić information content (AvgIpc) is 3.35. The predicted molar refractivity (Wildman–Crippen MR) is 108 cm³/mol. The predicted octanol–water partition coefficient (Wildman–Crippen LogP) is 2.69. The molecule has 0 atom stereocenters. The van der Waals surface area contributed by atoms with Gasteiger partial charge in [0.1, 0.15) is 0 Å². The Morgan fingerprint density at radius 3 is 2.56 bits per heavy atom. The summed E-state index contributed by atoms with van der Waals surface area (Å²) in [6.07, 6.45) is 6.26. The van der Waals surface area contributed by atoms with Crippen LogP contribution in [0.5, 0.6) is 0 Å². The Hall–Kier alpha value is -2.15. The molecule has 0 bridgehead atoms. The van der Waals surface area contributed by atoms with Crippen LogP contribution in [0.4, 0.5) is 5.13 Å². The lowest BCUT2D eigenvalue weighted by Crippen LogP contribution is -2.46. The smallest absolute Gasteiger partial charge is 0.309 e. The Morgan fingerprint density at radius 1 is 1.07 bits per heavy atom. The molecule has 7 heteroatoms. The minimum Gasteiger partial charge on any atom is -0.348 e. The van der Waals surface area contributed by atoms with Crippen LogP contribution in [-0.2, 0) is 9.59 Å². The number of anilines is 1. The third-order valence-corrected chi connectivity index (χ3v) is 6.71. The summed E-state index contributed by atoms with van der Waals surface area (Å²) in [7, 11) is 0. The summed E-state index contributed by atoms with van der Waals surface area (Å²) in [6, 6.07) is 8.40. The molecule has 2 heterocycles. The first-order valence-corrected chi connectivity index (χ1v) is 10.7. The van der Waals surface area contributed by atoms with E-state index in [4.69, 9.17) is 4.98 Å². The number of thiazole rings is 1. The van der Waals surface area contributed by atoms with Gasteiger partial charge in [-0.1, -0.05) is 36.3 Å². The van der Waals surface area contributed by atoms with Crippen LogP contribution in [0.25, 0.3) is 10.2 Å². The van der Waals surface area contributed by atoms with Crippen molar-refractivity contribution in [2.24, 2.45) is 5.92 Å². The third kappa shape index (κ3) is 4.40. The van der Waals surface area contributed by atoms with E-state index in [1.807, 2.05) is 18.2 Å². The number of aromatic nitrogens is 1. The van der Waals surface area contributed by atoms with E-state index >= 15 is 0 Å². The molecule has 0 spiro atoms. The van der Waals surface area contributed by atoms with Gasteiger partial charge in [-0.15, -0.1) is 0 Å². The van der Waals surface area contributed by atoms with Gasteiger partial charge in [-0.3, -0.25) is 9.59 Å². The fourth-order valence-electron chi connectivity index (χ4n) is 3.96. The van der Waals surface area contributed by atoms with E-state index in [9.17, 15) is 9.59 Å². The van der Waals surface area contributed by atoms with Gasteiger partial charge in [0.2, 0.25) is 0 Å². The molecule has 2 fully saturated rings. The molecule has 6 nitrogen and oxygen atoms in total. The molecule has 27 heavy (non-hydrogen) atoms. The molecule has 0 radical (unpaired) electrons. The topological polar surface area (TPSA) is 74.3 Å². The molecule has 2 amide bonds. The highest BCUT2D eigenvalue weighted by molar-refractivity contribution is 7.22. The number of fused-ring (bicyclic) bond motifs is 1. The zero-order chi connectivity index (χ0) is 18.6. The van der Waals surface area contributed by atoms with Crippen LogP contribution in [0.2, 0.25) is 0 Å². The molecule has 4 rings (SSSR count). The SMILES string of the molecule is O=C(NCC1CCN(c2nc3ccccc3s2)CC1)C(=O)NC1CCCC1. The van der Waals surface area contributed by atoms with Gasteiger partial charge in [0.05, 0.1) is 10.2 Å². The van der Waals surface area contributed by atoms with E-state index in [1.165, 1.54) is 4.70 Å². The van der Waals surface area contributed by atoms with Crippen molar-refractivity contribution in [2.45, 2.75) is 44.6 Å². The number of hydrogen-bond acceptors (Lipinski definition) is 5. The molecule has 2 N–H and O–H groups in total. The van der Waals surface area contributed by atoms with Crippen LogP contribution in [0.3, 0.4) is 0 Å². The number of nitrogens with zero attached hydrogens (tertiary/aromatic N) is 2. The van der Waals surface area contributed by atoms with Crippen LogP contribution in [0, 0.1) is 5.92 Å². The maximum atomic E-state index is 12.0. The quantitative estimate of drug-likeness (QED) is 0.793. The molecule has 1 saturated heterocycles. The van der Waals surface area contributed by atoms with E-state index in [-0.39, 0.29) is 6.04 Å². The summed E-state index contributed by atoms with van der Waals surface area (Å²) in [4.78, 5) is 31.0. The van der Waals surface area contributed by atoms with Gasteiger partial charge in [-0.25, -0.2) is 4.98 Å². The van der Waals surface area contributed by atoms with Crippen LogP contribution < -0.4 is 15.5 Å². The second kappa shape index (κ2) is 8.25. The highest BCUT2D eigenvalue weighted by atomic mass is 32.1. The number of amides is 2. The van der Waals surface area contributed by atoms with Crippen molar-refractivity contribution in [3.05, 3.63) is 24.3 Å². The molecular formula is C20H26N4O2S. The first-order chi connectivity index (χ1) is 13.2.